The van der Waals surface area contributed by atoms with E-state index in [9.17, 15) is 0 Å². The summed E-state index contributed by atoms with van der Waals surface area (Å²) in [4.78, 5) is 2.62. The van der Waals surface area contributed by atoms with E-state index in [2.05, 4.69) is 55.4 Å². The van der Waals surface area contributed by atoms with E-state index in [0.29, 0.717) is 6.04 Å². The Morgan fingerprint density at radius 1 is 1.35 bits per heavy atom. The fourth-order valence-corrected chi connectivity index (χ4v) is 3.13. The second-order valence-corrected chi connectivity index (χ2v) is 5.04. The molecule has 1 fully saturated rings. The zero-order valence-corrected chi connectivity index (χ0v) is 11.2. The minimum absolute atomic E-state index is 0.605. The Bertz CT molecular complexity index is 362. The van der Waals surface area contributed by atoms with Crippen molar-refractivity contribution in [1.82, 2.24) is 10.2 Å². The lowest BCUT2D eigenvalue weighted by Gasteiger charge is -2.29. The number of nitrogens with zero attached hydrogens (tertiary/aromatic N) is 1. The number of hydrogen-bond acceptors (Lipinski definition) is 2. The van der Waals surface area contributed by atoms with Crippen LogP contribution in [-0.4, -0.2) is 31.6 Å². The fraction of sp³-hybridized carbons (Fsp3) is 0.600. The van der Waals surface area contributed by atoms with E-state index in [1.807, 2.05) is 0 Å². The molecule has 2 unspecified atom stereocenters. The summed E-state index contributed by atoms with van der Waals surface area (Å²) in [5.74, 6) is 0.751. The number of rotatable bonds is 4. The molecule has 0 saturated carbocycles. The van der Waals surface area contributed by atoms with Crippen LogP contribution in [0.3, 0.4) is 0 Å². The minimum atomic E-state index is 0.605. The smallest absolute Gasteiger partial charge is 0.0391 e. The van der Waals surface area contributed by atoms with Gasteiger partial charge in [0.25, 0.3) is 0 Å². The zero-order valence-electron chi connectivity index (χ0n) is 11.2. The van der Waals surface area contributed by atoms with Gasteiger partial charge in [-0.1, -0.05) is 31.2 Å². The SMILES string of the molecule is CCN1CCC(CNC)C1c1ccccc1C. The number of nitrogens with one attached hydrogen (secondary N) is 1. The van der Waals surface area contributed by atoms with Gasteiger partial charge in [0.05, 0.1) is 0 Å². The van der Waals surface area contributed by atoms with E-state index in [0.717, 1.165) is 19.0 Å². The van der Waals surface area contributed by atoms with Crippen LogP contribution in [-0.2, 0) is 0 Å². The number of benzene rings is 1. The van der Waals surface area contributed by atoms with Gasteiger partial charge in [0.1, 0.15) is 0 Å². The molecule has 0 radical (unpaired) electrons. The van der Waals surface area contributed by atoms with Gasteiger partial charge in [-0.25, -0.2) is 0 Å². The van der Waals surface area contributed by atoms with Crippen molar-refractivity contribution in [2.45, 2.75) is 26.3 Å². The van der Waals surface area contributed by atoms with Gasteiger partial charge in [-0.05, 0) is 57.1 Å². The third-order valence-electron chi connectivity index (χ3n) is 4.01. The summed E-state index contributed by atoms with van der Waals surface area (Å²) < 4.78 is 0. The van der Waals surface area contributed by atoms with Crippen LogP contribution in [0.15, 0.2) is 24.3 Å². The molecule has 2 heteroatoms. The van der Waals surface area contributed by atoms with Crippen molar-refractivity contribution in [2.24, 2.45) is 5.92 Å². The largest absolute Gasteiger partial charge is 0.319 e. The lowest BCUT2D eigenvalue weighted by atomic mass is 9.91. The van der Waals surface area contributed by atoms with Gasteiger partial charge >= 0.3 is 0 Å². The summed E-state index contributed by atoms with van der Waals surface area (Å²) in [7, 11) is 2.06. The number of aryl methyl sites for hydroxylation is 1. The molecule has 2 rings (SSSR count). The Balaban J connectivity index is 2.28. The number of hydrogen-bond donors (Lipinski definition) is 1. The Morgan fingerprint density at radius 3 is 2.76 bits per heavy atom. The molecule has 94 valence electrons. The minimum Gasteiger partial charge on any atom is -0.319 e. The third-order valence-corrected chi connectivity index (χ3v) is 4.01. The van der Waals surface area contributed by atoms with E-state index in [4.69, 9.17) is 0 Å². The van der Waals surface area contributed by atoms with Crippen molar-refractivity contribution < 1.29 is 0 Å². The molecule has 0 bridgehead atoms. The molecule has 2 nitrogen and oxygen atoms in total. The van der Waals surface area contributed by atoms with E-state index >= 15 is 0 Å². The van der Waals surface area contributed by atoms with Crippen LogP contribution in [0.25, 0.3) is 0 Å². The fourth-order valence-electron chi connectivity index (χ4n) is 3.13. The van der Waals surface area contributed by atoms with Gasteiger partial charge in [0, 0.05) is 6.04 Å². The summed E-state index contributed by atoms with van der Waals surface area (Å²) >= 11 is 0. The van der Waals surface area contributed by atoms with Crippen LogP contribution >= 0.6 is 0 Å². The lowest BCUT2D eigenvalue weighted by molar-refractivity contribution is 0.237. The molecule has 0 spiro atoms. The van der Waals surface area contributed by atoms with Gasteiger partial charge in [-0.2, -0.15) is 0 Å². The van der Waals surface area contributed by atoms with Crippen LogP contribution in [0.4, 0.5) is 0 Å². The summed E-state index contributed by atoms with van der Waals surface area (Å²) in [5, 5.41) is 3.35. The van der Waals surface area contributed by atoms with Crippen molar-refractivity contribution in [3.63, 3.8) is 0 Å². The van der Waals surface area contributed by atoms with E-state index in [-0.39, 0.29) is 0 Å². The maximum atomic E-state index is 3.35. The first kappa shape index (κ1) is 12.6. The number of likely N-dealkylation sites (tertiary alicyclic amines) is 1. The van der Waals surface area contributed by atoms with Crippen molar-refractivity contribution in [3.8, 4) is 0 Å². The molecule has 1 heterocycles. The molecule has 1 saturated heterocycles. The maximum absolute atomic E-state index is 3.35. The summed E-state index contributed by atoms with van der Waals surface area (Å²) in [6.07, 6.45) is 1.31. The second kappa shape index (κ2) is 5.65. The van der Waals surface area contributed by atoms with Crippen LogP contribution in [0.5, 0.6) is 0 Å². The predicted octanol–water partition coefficient (Wildman–Crippen LogP) is 2.60. The van der Waals surface area contributed by atoms with E-state index in [1.165, 1.54) is 24.1 Å². The van der Waals surface area contributed by atoms with Crippen molar-refractivity contribution in [1.29, 1.82) is 0 Å². The Morgan fingerprint density at radius 2 is 2.12 bits per heavy atom. The lowest BCUT2D eigenvalue weighted by Crippen LogP contribution is -2.29. The Kier molecular flexibility index (Phi) is 4.19. The highest BCUT2D eigenvalue weighted by Crippen LogP contribution is 2.37. The van der Waals surface area contributed by atoms with Crippen molar-refractivity contribution in [2.75, 3.05) is 26.7 Å². The summed E-state index contributed by atoms with van der Waals surface area (Å²) in [5.41, 5.74) is 2.95. The predicted molar refractivity (Wildman–Crippen MR) is 73.2 cm³/mol. The van der Waals surface area contributed by atoms with Crippen LogP contribution < -0.4 is 5.32 Å². The summed E-state index contributed by atoms with van der Waals surface area (Å²) in [6.45, 7) is 8.02. The molecule has 2 atom stereocenters. The molecule has 1 aromatic rings. The highest BCUT2D eigenvalue weighted by molar-refractivity contribution is 5.30. The highest BCUT2D eigenvalue weighted by atomic mass is 15.2. The molecule has 17 heavy (non-hydrogen) atoms. The van der Waals surface area contributed by atoms with E-state index < -0.39 is 0 Å². The van der Waals surface area contributed by atoms with Gasteiger partial charge in [0.2, 0.25) is 0 Å². The van der Waals surface area contributed by atoms with Crippen LogP contribution in [0.2, 0.25) is 0 Å². The monoisotopic (exact) mass is 232 g/mol. The molecule has 1 N–H and O–H groups in total. The van der Waals surface area contributed by atoms with Gasteiger partial charge < -0.3 is 5.32 Å². The van der Waals surface area contributed by atoms with Crippen LogP contribution in [0.1, 0.15) is 30.5 Å². The second-order valence-electron chi connectivity index (χ2n) is 5.04. The maximum Gasteiger partial charge on any atom is 0.0391 e. The average molecular weight is 232 g/mol. The first-order valence-corrected chi connectivity index (χ1v) is 6.72. The zero-order chi connectivity index (χ0) is 12.3. The topological polar surface area (TPSA) is 15.3 Å². The standard InChI is InChI=1S/C15H24N2/c1-4-17-10-9-13(11-16-3)15(17)14-8-6-5-7-12(14)2/h5-8,13,15-16H,4,9-11H2,1-3H3. The molecule has 0 aliphatic carbocycles. The highest BCUT2D eigenvalue weighted by Gasteiger charge is 2.34. The first-order chi connectivity index (χ1) is 8.27. The third kappa shape index (κ3) is 2.53. The van der Waals surface area contributed by atoms with Crippen molar-refractivity contribution in [3.05, 3.63) is 35.4 Å². The molecule has 1 aromatic carbocycles. The summed E-state index contributed by atoms with van der Waals surface area (Å²) in [6, 6.07) is 9.45. The molecule has 1 aliphatic heterocycles. The average Bonchev–Trinajstić information content (AvgIpc) is 2.73. The molecular formula is C15H24N2. The Hall–Kier alpha value is -0.860. The van der Waals surface area contributed by atoms with Crippen molar-refractivity contribution >= 4 is 0 Å². The van der Waals surface area contributed by atoms with Gasteiger partial charge in [-0.3, -0.25) is 4.90 Å². The normalized spacial score (nSPS) is 25.4. The molecule has 1 aliphatic rings. The quantitative estimate of drug-likeness (QED) is 0.858. The van der Waals surface area contributed by atoms with E-state index in [1.54, 1.807) is 0 Å². The molecular weight excluding hydrogens is 208 g/mol. The first-order valence-electron chi connectivity index (χ1n) is 6.72. The van der Waals surface area contributed by atoms with Crippen LogP contribution in [0, 0.1) is 12.8 Å². The van der Waals surface area contributed by atoms with Gasteiger partial charge in [-0.15, -0.1) is 0 Å². The molecule has 0 aromatic heterocycles. The van der Waals surface area contributed by atoms with Gasteiger partial charge in [0.15, 0.2) is 0 Å². The Labute approximate surface area is 105 Å². The molecule has 0 amide bonds.